The first-order valence-electron chi connectivity index (χ1n) is 12.3. The fraction of sp³-hybridized carbons (Fsp3) is 0.519. The van der Waals surface area contributed by atoms with Gasteiger partial charge in [-0.1, -0.05) is 42.5 Å². The maximum absolute atomic E-state index is 12.0. The second kappa shape index (κ2) is 15.5. The third-order valence-electron chi connectivity index (χ3n) is 5.51. The first kappa shape index (κ1) is 30.5. The molecule has 1 N–H and O–H groups in total. The fourth-order valence-electron chi connectivity index (χ4n) is 3.99. The largest absolute Gasteiger partial charge is 0.463 e. The predicted octanol–water partition coefficient (Wildman–Crippen LogP) is 2.15. The van der Waals surface area contributed by atoms with E-state index >= 15 is 0 Å². The topological polar surface area (TPSA) is 144 Å². The van der Waals surface area contributed by atoms with E-state index in [0.717, 1.165) is 5.56 Å². The number of benzene rings is 1. The van der Waals surface area contributed by atoms with Gasteiger partial charge in [0.15, 0.2) is 12.2 Å². The van der Waals surface area contributed by atoms with Crippen molar-refractivity contribution in [3.05, 3.63) is 48.0 Å². The van der Waals surface area contributed by atoms with Crippen molar-refractivity contribution in [2.75, 3.05) is 6.61 Å². The highest BCUT2D eigenvalue weighted by molar-refractivity contribution is 5.74. The van der Waals surface area contributed by atoms with Crippen molar-refractivity contribution in [1.82, 2.24) is 5.32 Å². The number of hydrogen-bond acceptors (Lipinski definition) is 10. The van der Waals surface area contributed by atoms with Crippen LogP contribution in [0.15, 0.2) is 42.5 Å². The SMILES string of the molecule is CC(=O)NC1[C@@H](OC(C)=O)[C@@H](OC(C)=O)C(COC(C)=O)O[C@@H]1C/C=C\CCC(=O)OCc1ccccc1. The molecule has 0 radical (unpaired) electrons. The molecule has 38 heavy (non-hydrogen) atoms. The van der Waals surface area contributed by atoms with Crippen molar-refractivity contribution in [2.24, 2.45) is 0 Å². The monoisotopic (exact) mass is 533 g/mol. The smallest absolute Gasteiger partial charge is 0.306 e. The minimum Gasteiger partial charge on any atom is -0.463 e. The van der Waals surface area contributed by atoms with Gasteiger partial charge in [0.05, 0.1) is 12.1 Å². The lowest BCUT2D eigenvalue weighted by Crippen LogP contribution is -2.66. The molecule has 2 rings (SSSR count). The summed E-state index contributed by atoms with van der Waals surface area (Å²) < 4.78 is 27.3. The number of carbonyl (C=O) groups is 5. The van der Waals surface area contributed by atoms with Crippen molar-refractivity contribution in [2.45, 2.75) is 84.0 Å². The van der Waals surface area contributed by atoms with Crippen LogP contribution in [0.4, 0.5) is 0 Å². The number of ether oxygens (including phenoxy) is 5. The number of nitrogens with one attached hydrogen (secondary N) is 1. The van der Waals surface area contributed by atoms with Gasteiger partial charge in [0.1, 0.15) is 19.3 Å². The van der Waals surface area contributed by atoms with Crippen molar-refractivity contribution < 1.29 is 47.7 Å². The molecule has 1 aliphatic rings. The lowest BCUT2D eigenvalue weighted by atomic mass is 9.90. The van der Waals surface area contributed by atoms with Crippen molar-refractivity contribution >= 4 is 29.8 Å². The third kappa shape index (κ3) is 10.7. The van der Waals surface area contributed by atoms with Gasteiger partial charge in [-0.05, 0) is 18.4 Å². The van der Waals surface area contributed by atoms with E-state index in [1.165, 1.54) is 27.7 Å². The maximum Gasteiger partial charge on any atom is 0.306 e. The highest BCUT2D eigenvalue weighted by atomic mass is 16.6. The van der Waals surface area contributed by atoms with E-state index in [0.29, 0.717) is 6.42 Å². The van der Waals surface area contributed by atoms with Crippen LogP contribution in [0.1, 0.15) is 52.5 Å². The molecule has 0 aliphatic carbocycles. The summed E-state index contributed by atoms with van der Waals surface area (Å²) in [4.78, 5) is 59.1. The van der Waals surface area contributed by atoms with Gasteiger partial charge < -0.3 is 29.0 Å². The number of amides is 1. The molecule has 0 bridgehead atoms. The quantitative estimate of drug-likeness (QED) is 0.241. The molecule has 1 fully saturated rings. The summed E-state index contributed by atoms with van der Waals surface area (Å²) in [6.45, 7) is 4.83. The van der Waals surface area contributed by atoms with Crippen LogP contribution in [0.25, 0.3) is 0 Å². The number of hydrogen-bond donors (Lipinski definition) is 1. The molecule has 1 saturated heterocycles. The average Bonchev–Trinajstić information content (AvgIpc) is 2.84. The van der Waals surface area contributed by atoms with Crippen molar-refractivity contribution in [3.63, 3.8) is 0 Å². The van der Waals surface area contributed by atoms with Crippen molar-refractivity contribution in [1.29, 1.82) is 0 Å². The lowest BCUT2D eigenvalue weighted by Gasteiger charge is -2.45. The zero-order chi connectivity index (χ0) is 28.1. The molecule has 5 atom stereocenters. The predicted molar refractivity (Wildman–Crippen MR) is 133 cm³/mol. The molecule has 11 nitrogen and oxygen atoms in total. The molecular weight excluding hydrogens is 498 g/mol. The van der Waals surface area contributed by atoms with Crippen molar-refractivity contribution in [3.8, 4) is 0 Å². The van der Waals surface area contributed by atoms with Crippen LogP contribution in [0.5, 0.6) is 0 Å². The molecule has 0 aromatic heterocycles. The number of carbonyl (C=O) groups excluding carboxylic acids is 5. The molecule has 2 unspecified atom stereocenters. The highest BCUT2D eigenvalue weighted by Gasteiger charge is 2.50. The van der Waals surface area contributed by atoms with Gasteiger partial charge >= 0.3 is 23.9 Å². The summed E-state index contributed by atoms with van der Waals surface area (Å²) in [7, 11) is 0. The van der Waals surface area contributed by atoms with Gasteiger partial charge in [0.2, 0.25) is 5.91 Å². The summed E-state index contributed by atoms with van der Waals surface area (Å²) in [5, 5.41) is 2.72. The lowest BCUT2D eigenvalue weighted by molar-refractivity contribution is -0.223. The van der Waals surface area contributed by atoms with E-state index in [2.05, 4.69) is 5.32 Å². The normalized spacial score (nSPS) is 22.8. The van der Waals surface area contributed by atoms with Gasteiger partial charge in [-0.3, -0.25) is 24.0 Å². The molecule has 1 aromatic carbocycles. The standard InChI is InChI=1S/C27H35NO10/c1-17(29)28-25-22(13-9-6-10-14-24(33)35-15-21-11-7-5-8-12-21)38-23(16-34-18(2)30)26(36-19(3)31)27(25)37-20(4)32/h5-9,11-12,22-23,25-27H,10,13-16H2,1-4H3,(H,28,29)/b9-6-/t22-,23?,25?,26+,27-/m1/s1. The molecule has 1 aromatic rings. The first-order valence-corrected chi connectivity index (χ1v) is 12.3. The molecule has 1 aliphatic heterocycles. The van der Waals surface area contributed by atoms with Crippen LogP contribution in [0.3, 0.4) is 0 Å². The Bertz CT molecular complexity index is 993. The maximum atomic E-state index is 12.0. The van der Waals surface area contributed by atoms with Crippen LogP contribution >= 0.6 is 0 Å². The second-order valence-electron chi connectivity index (χ2n) is 8.78. The van der Waals surface area contributed by atoms with Crippen LogP contribution in [0.2, 0.25) is 0 Å². The Balaban J connectivity index is 2.08. The summed E-state index contributed by atoms with van der Waals surface area (Å²) in [6, 6.07) is 8.48. The van der Waals surface area contributed by atoms with Gasteiger partial charge in [-0.15, -0.1) is 0 Å². The molecule has 0 spiro atoms. The second-order valence-corrected chi connectivity index (χ2v) is 8.78. The zero-order valence-electron chi connectivity index (χ0n) is 22.0. The highest BCUT2D eigenvalue weighted by Crippen LogP contribution is 2.29. The van der Waals surface area contributed by atoms with Crippen LogP contribution in [-0.4, -0.2) is 66.8 Å². The molecule has 11 heteroatoms. The Labute approximate surface area is 221 Å². The molecular formula is C27H35NO10. The Morgan fingerprint density at radius 1 is 0.842 bits per heavy atom. The average molecular weight is 534 g/mol. The van der Waals surface area contributed by atoms with E-state index in [4.69, 9.17) is 23.7 Å². The fourth-order valence-corrected chi connectivity index (χ4v) is 3.99. The zero-order valence-corrected chi connectivity index (χ0v) is 22.0. The summed E-state index contributed by atoms with van der Waals surface area (Å²) in [6.07, 6.45) is 0.468. The summed E-state index contributed by atoms with van der Waals surface area (Å²) in [5.41, 5.74) is 0.896. The number of esters is 4. The molecule has 208 valence electrons. The summed E-state index contributed by atoms with van der Waals surface area (Å²) >= 11 is 0. The van der Waals surface area contributed by atoms with Gasteiger partial charge in [0, 0.05) is 34.1 Å². The van der Waals surface area contributed by atoms with Crippen LogP contribution in [-0.2, 0) is 54.3 Å². The number of allylic oxidation sites excluding steroid dienone is 1. The molecule has 1 heterocycles. The Kier molecular flexibility index (Phi) is 12.4. The van der Waals surface area contributed by atoms with Gasteiger partial charge in [0.25, 0.3) is 0 Å². The van der Waals surface area contributed by atoms with Gasteiger partial charge in [-0.2, -0.15) is 0 Å². The third-order valence-corrected chi connectivity index (χ3v) is 5.51. The van der Waals surface area contributed by atoms with E-state index in [1.54, 1.807) is 12.2 Å². The first-order chi connectivity index (χ1) is 18.1. The minimum absolute atomic E-state index is 0.170. The van der Waals surface area contributed by atoms with E-state index in [1.807, 2.05) is 30.3 Å². The van der Waals surface area contributed by atoms with Crippen LogP contribution in [0, 0.1) is 0 Å². The van der Waals surface area contributed by atoms with E-state index in [9.17, 15) is 24.0 Å². The Morgan fingerprint density at radius 3 is 2.11 bits per heavy atom. The Hall–Kier alpha value is -3.73. The van der Waals surface area contributed by atoms with E-state index < -0.39 is 54.3 Å². The minimum atomic E-state index is -1.13. The van der Waals surface area contributed by atoms with E-state index in [-0.39, 0.29) is 32.0 Å². The summed E-state index contributed by atoms with van der Waals surface area (Å²) in [5.74, 6) is -2.64. The molecule has 1 amide bonds. The van der Waals surface area contributed by atoms with Gasteiger partial charge in [-0.25, -0.2) is 0 Å². The Morgan fingerprint density at radius 2 is 1.50 bits per heavy atom. The number of rotatable bonds is 12. The molecule has 0 saturated carbocycles. The van der Waals surface area contributed by atoms with Crippen LogP contribution < -0.4 is 5.32 Å².